The van der Waals surface area contributed by atoms with Crippen molar-refractivity contribution in [2.24, 2.45) is 0 Å². The molecule has 4 aliphatic rings. The third kappa shape index (κ3) is 5.34. The van der Waals surface area contributed by atoms with Crippen LogP contribution in [-0.2, 0) is 16.2 Å². The molecule has 0 N–H and O–H groups in total. The van der Waals surface area contributed by atoms with E-state index in [0.29, 0.717) is 0 Å². The summed E-state index contributed by atoms with van der Waals surface area (Å²) in [5.74, 6) is 1.86. The van der Waals surface area contributed by atoms with E-state index in [0.717, 1.165) is 28.2 Å². The molecule has 0 spiro atoms. The molecule has 10 aromatic rings. The number of hydrogen-bond donors (Lipinski definition) is 0. The average molecular weight is 931 g/mol. The Morgan fingerprint density at radius 3 is 1.37 bits per heavy atom. The molecule has 0 saturated heterocycles. The van der Waals surface area contributed by atoms with E-state index in [1.165, 1.54) is 91.7 Å². The highest BCUT2D eigenvalue weighted by molar-refractivity contribution is 8.00. The van der Waals surface area contributed by atoms with Crippen LogP contribution in [0.5, 0.6) is 11.5 Å². The number of ether oxygens (including phenoxy) is 1. The first kappa shape index (κ1) is 41.5. The summed E-state index contributed by atoms with van der Waals surface area (Å²) in [6.07, 6.45) is 0. The first-order valence-electron chi connectivity index (χ1n) is 24.7. The first-order chi connectivity index (χ1) is 34.3. The minimum absolute atomic E-state index is 0.142. The molecule has 2 aliphatic heterocycles. The standard InChI is InChI=1S/C67H50OSSi/c1-65(2)51-35-19-17-31-49(51)59-53(65)39-40-56-62(59)68-61-47(33-21-37-55(61)67(56,43-23-9-5-10-24-43)44-25-11-6-12-26-44)48-34-22-38-57-63(48)69-64-58(42-41-54-60(64)50-32-18-20-36-52(50)66(54,3)4)70(57,45-27-13-7-14-28-45)46-29-15-8-16-30-46/h5-42H,1-4H3. The minimum Gasteiger partial charge on any atom is -0.455 e. The second-order valence-electron chi connectivity index (χ2n) is 20.6. The zero-order valence-electron chi connectivity index (χ0n) is 39.8. The van der Waals surface area contributed by atoms with Gasteiger partial charge in [0, 0.05) is 42.9 Å². The van der Waals surface area contributed by atoms with Crippen LogP contribution < -0.4 is 25.5 Å². The molecule has 1 nitrogen and oxygen atoms in total. The SMILES string of the molecule is CC1(C)c2ccccc2-c2c1ccc1c2Oc2c(-c3cccc4c3Sc3c(ccc5c3-c3ccccc3C5(C)C)[Si]4(c3ccccc3)c3ccccc3)cccc2C1(c1ccccc1)c1ccccc1. The van der Waals surface area contributed by atoms with Gasteiger partial charge in [0.25, 0.3) is 0 Å². The van der Waals surface area contributed by atoms with Crippen molar-refractivity contribution in [3.05, 3.63) is 275 Å². The zero-order valence-corrected chi connectivity index (χ0v) is 41.6. The van der Waals surface area contributed by atoms with Gasteiger partial charge in [0.05, 0.1) is 5.41 Å². The molecule has 0 aromatic heterocycles. The summed E-state index contributed by atoms with van der Waals surface area (Å²) >= 11 is 1.98. The molecule has 70 heavy (non-hydrogen) atoms. The average Bonchev–Trinajstić information content (AvgIpc) is 3.80. The molecule has 2 aliphatic carbocycles. The van der Waals surface area contributed by atoms with Crippen LogP contribution in [0.25, 0.3) is 33.4 Å². The Hall–Kier alpha value is -7.43. The Bertz CT molecular complexity index is 3430. The molecule has 0 atom stereocenters. The van der Waals surface area contributed by atoms with Crippen LogP contribution in [0.1, 0.15) is 72.2 Å². The number of fused-ring (bicyclic) bond motifs is 12. The van der Waals surface area contributed by atoms with Gasteiger partial charge in [-0.1, -0.05) is 270 Å². The van der Waals surface area contributed by atoms with Gasteiger partial charge in [-0.05, 0) is 76.4 Å². The summed E-state index contributed by atoms with van der Waals surface area (Å²) in [7, 11) is -3.01. The topological polar surface area (TPSA) is 9.23 Å². The summed E-state index contributed by atoms with van der Waals surface area (Å²) in [6.45, 7) is 9.54. The fraction of sp³-hybridized carbons (Fsp3) is 0.104. The van der Waals surface area contributed by atoms with Crippen LogP contribution in [-0.4, -0.2) is 8.07 Å². The molecule has 0 saturated carbocycles. The summed E-state index contributed by atoms with van der Waals surface area (Å²) < 4.78 is 7.89. The van der Waals surface area contributed by atoms with Gasteiger partial charge in [-0.15, -0.1) is 0 Å². The van der Waals surface area contributed by atoms with Crippen molar-refractivity contribution in [1.29, 1.82) is 0 Å². The molecule has 10 aromatic carbocycles. The zero-order chi connectivity index (χ0) is 47.0. The summed E-state index contributed by atoms with van der Waals surface area (Å²) in [6, 6.07) is 87.3. The van der Waals surface area contributed by atoms with Crippen molar-refractivity contribution in [2.75, 3.05) is 0 Å². The highest BCUT2D eigenvalue weighted by atomic mass is 32.2. The van der Waals surface area contributed by atoms with Crippen LogP contribution in [0.3, 0.4) is 0 Å². The molecule has 0 unspecified atom stereocenters. The smallest absolute Gasteiger partial charge is 0.181 e. The Morgan fingerprint density at radius 2 is 0.757 bits per heavy atom. The van der Waals surface area contributed by atoms with Gasteiger partial charge in [0.2, 0.25) is 0 Å². The van der Waals surface area contributed by atoms with E-state index in [-0.39, 0.29) is 10.8 Å². The molecule has 3 heteroatoms. The number of rotatable bonds is 5. The predicted octanol–water partition coefficient (Wildman–Crippen LogP) is 14.3. The van der Waals surface area contributed by atoms with Crippen molar-refractivity contribution >= 4 is 40.6 Å². The molecule has 0 bridgehead atoms. The Labute approximate surface area is 416 Å². The lowest BCUT2D eigenvalue weighted by atomic mass is 9.62. The van der Waals surface area contributed by atoms with Gasteiger partial charge in [-0.2, -0.15) is 0 Å². The predicted molar refractivity (Wildman–Crippen MR) is 293 cm³/mol. The summed E-state index contributed by atoms with van der Waals surface area (Å²) in [5, 5.41) is 5.63. The lowest BCUT2D eigenvalue weighted by Crippen LogP contribution is -2.76. The molecule has 0 radical (unpaired) electrons. The first-order valence-corrected chi connectivity index (χ1v) is 27.5. The maximum Gasteiger partial charge on any atom is 0.181 e. The minimum atomic E-state index is -3.01. The molecule has 334 valence electrons. The van der Waals surface area contributed by atoms with Crippen molar-refractivity contribution in [1.82, 2.24) is 0 Å². The normalized spacial score (nSPS) is 16.2. The van der Waals surface area contributed by atoms with Gasteiger partial charge >= 0.3 is 0 Å². The second-order valence-corrected chi connectivity index (χ2v) is 25.4. The molecule has 0 amide bonds. The number of hydrogen-bond acceptors (Lipinski definition) is 2. The highest BCUT2D eigenvalue weighted by Gasteiger charge is 2.52. The third-order valence-electron chi connectivity index (χ3n) is 16.6. The molecular formula is C67H50OSSi. The van der Waals surface area contributed by atoms with Gasteiger partial charge in [0.15, 0.2) is 8.07 Å². The fourth-order valence-electron chi connectivity index (χ4n) is 13.5. The molecular weight excluding hydrogens is 881 g/mol. The third-order valence-corrected chi connectivity index (χ3v) is 23.1. The van der Waals surface area contributed by atoms with Gasteiger partial charge < -0.3 is 4.74 Å². The van der Waals surface area contributed by atoms with Crippen LogP contribution >= 0.6 is 11.8 Å². The van der Waals surface area contributed by atoms with E-state index in [1.807, 2.05) is 11.8 Å². The van der Waals surface area contributed by atoms with E-state index in [1.54, 1.807) is 0 Å². The van der Waals surface area contributed by atoms with E-state index < -0.39 is 13.5 Å². The van der Waals surface area contributed by atoms with Crippen LogP contribution in [0, 0.1) is 0 Å². The van der Waals surface area contributed by atoms with E-state index in [4.69, 9.17) is 4.74 Å². The van der Waals surface area contributed by atoms with Gasteiger partial charge in [0.1, 0.15) is 11.5 Å². The largest absolute Gasteiger partial charge is 0.455 e. The van der Waals surface area contributed by atoms with Crippen LogP contribution in [0.4, 0.5) is 0 Å². The molecule has 0 fully saturated rings. The van der Waals surface area contributed by atoms with E-state index >= 15 is 0 Å². The van der Waals surface area contributed by atoms with E-state index in [9.17, 15) is 0 Å². The Balaban J connectivity index is 1.11. The van der Waals surface area contributed by atoms with Crippen LogP contribution in [0.15, 0.2) is 240 Å². The lowest BCUT2D eigenvalue weighted by Gasteiger charge is -2.43. The maximum absolute atomic E-state index is 7.89. The van der Waals surface area contributed by atoms with E-state index in [2.05, 4.69) is 258 Å². The number of para-hydroxylation sites is 1. The fourth-order valence-corrected chi connectivity index (χ4v) is 20.7. The van der Waals surface area contributed by atoms with Crippen LogP contribution in [0.2, 0.25) is 0 Å². The number of benzene rings is 10. The van der Waals surface area contributed by atoms with Crippen molar-refractivity contribution in [3.63, 3.8) is 0 Å². The van der Waals surface area contributed by atoms with Crippen molar-refractivity contribution in [3.8, 4) is 44.9 Å². The lowest BCUT2D eigenvalue weighted by molar-refractivity contribution is 0.437. The Kier molecular flexibility index (Phi) is 8.92. The summed E-state index contributed by atoms with van der Waals surface area (Å²) in [4.78, 5) is 2.69. The second kappa shape index (κ2) is 15.0. The monoisotopic (exact) mass is 930 g/mol. The quantitative estimate of drug-likeness (QED) is 0.159. The van der Waals surface area contributed by atoms with Gasteiger partial charge in [-0.25, -0.2) is 0 Å². The van der Waals surface area contributed by atoms with Crippen molar-refractivity contribution in [2.45, 2.75) is 53.7 Å². The summed E-state index contributed by atoms with van der Waals surface area (Å²) in [5.41, 5.74) is 16.6. The highest BCUT2D eigenvalue weighted by Crippen LogP contribution is 2.63. The van der Waals surface area contributed by atoms with Crippen molar-refractivity contribution < 1.29 is 4.74 Å². The molecule has 14 rings (SSSR count). The van der Waals surface area contributed by atoms with Gasteiger partial charge in [-0.3, -0.25) is 0 Å². The Morgan fingerprint density at radius 1 is 0.329 bits per heavy atom. The maximum atomic E-state index is 7.89. The molecule has 2 heterocycles.